The lowest BCUT2D eigenvalue weighted by atomic mass is 9.95. The minimum atomic E-state index is 0.159. The zero-order chi connectivity index (χ0) is 18.4. The maximum absolute atomic E-state index is 10.0. The molecule has 136 valence electrons. The van der Waals surface area contributed by atoms with Gasteiger partial charge in [-0.1, -0.05) is 43.2 Å². The van der Waals surface area contributed by atoms with E-state index in [2.05, 4.69) is 48.2 Å². The Labute approximate surface area is 164 Å². The van der Waals surface area contributed by atoms with Crippen LogP contribution < -0.4 is 4.74 Å². The molecular formula is C21H27IO3. The highest BCUT2D eigenvalue weighted by Crippen LogP contribution is 2.34. The predicted molar refractivity (Wildman–Crippen MR) is 112 cm³/mol. The summed E-state index contributed by atoms with van der Waals surface area (Å²) in [6.45, 7) is 8.98. The number of methoxy groups -OCH3 is 1. The highest BCUT2D eigenvalue weighted by atomic mass is 127. The van der Waals surface area contributed by atoms with Crippen molar-refractivity contribution in [3.8, 4) is 11.5 Å². The number of halogens is 1. The topological polar surface area (TPSA) is 38.7 Å². The van der Waals surface area contributed by atoms with Gasteiger partial charge in [0.2, 0.25) is 0 Å². The van der Waals surface area contributed by atoms with Crippen LogP contribution in [-0.2, 0) is 4.74 Å². The van der Waals surface area contributed by atoms with E-state index in [4.69, 9.17) is 9.47 Å². The van der Waals surface area contributed by atoms with Crippen LogP contribution in [0.3, 0.4) is 0 Å². The molecular weight excluding hydrogens is 427 g/mol. The Bertz CT molecular complexity index is 689. The van der Waals surface area contributed by atoms with Crippen molar-refractivity contribution in [3.63, 3.8) is 0 Å². The zero-order valence-electron chi connectivity index (χ0n) is 15.3. The Kier molecular flexibility index (Phi) is 7.56. The van der Waals surface area contributed by atoms with Gasteiger partial charge < -0.3 is 14.6 Å². The first kappa shape index (κ1) is 20.0. The molecule has 1 aromatic rings. The first-order chi connectivity index (χ1) is 12.0. The molecule has 0 amide bonds. The third-order valence-corrected chi connectivity index (χ3v) is 5.20. The summed E-state index contributed by atoms with van der Waals surface area (Å²) in [5, 5.41) is 10.0. The number of phenolic OH excluding ortho intramolecular Hbond substituents is 1. The second-order valence-electron chi connectivity index (χ2n) is 6.41. The standard InChI is InChI=1S/C21H27IO3/c1-5-6-15(7-8-19-17(14(2)3)9-10-25-19)11-16-12-18(22)21(23)20(13-16)24-4/h9,11-13,19,23H,2,5-8,10H2,1,3-4H3/b15-11+. The fourth-order valence-electron chi connectivity index (χ4n) is 3.14. The Balaban J connectivity index is 2.15. The lowest BCUT2D eigenvalue weighted by molar-refractivity contribution is 0.116. The Morgan fingerprint density at radius 3 is 2.84 bits per heavy atom. The summed E-state index contributed by atoms with van der Waals surface area (Å²) in [5.41, 5.74) is 4.80. The number of allylic oxidation sites excluding steroid dienone is 1. The third kappa shape index (κ3) is 5.35. The quantitative estimate of drug-likeness (QED) is 0.500. The monoisotopic (exact) mass is 454 g/mol. The number of rotatable bonds is 8. The molecule has 0 fully saturated rings. The van der Waals surface area contributed by atoms with Gasteiger partial charge in [0, 0.05) is 0 Å². The van der Waals surface area contributed by atoms with Gasteiger partial charge in [-0.2, -0.15) is 0 Å². The van der Waals surface area contributed by atoms with E-state index in [-0.39, 0.29) is 11.9 Å². The minimum absolute atomic E-state index is 0.159. The van der Waals surface area contributed by atoms with Crippen molar-refractivity contribution in [2.75, 3.05) is 13.7 Å². The fraction of sp³-hybridized carbons (Fsp3) is 0.429. The number of ether oxygens (including phenoxy) is 2. The molecule has 0 bridgehead atoms. The Morgan fingerprint density at radius 2 is 2.20 bits per heavy atom. The predicted octanol–water partition coefficient (Wildman–Crippen LogP) is 5.87. The SMILES string of the molecule is C=C(C)C1=CCOC1CC/C(=C/c1cc(I)c(O)c(OC)c1)CCC. The normalized spacial score (nSPS) is 17.5. The summed E-state index contributed by atoms with van der Waals surface area (Å²) < 4.78 is 11.9. The second-order valence-corrected chi connectivity index (χ2v) is 7.57. The van der Waals surface area contributed by atoms with Crippen LogP contribution in [0, 0.1) is 3.57 Å². The van der Waals surface area contributed by atoms with Gasteiger partial charge in [0.05, 0.1) is 23.4 Å². The highest BCUT2D eigenvalue weighted by molar-refractivity contribution is 14.1. The van der Waals surface area contributed by atoms with Crippen LogP contribution in [0.4, 0.5) is 0 Å². The molecule has 0 saturated heterocycles. The number of hydrogen-bond acceptors (Lipinski definition) is 3. The molecule has 0 spiro atoms. The number of benzene rings is 1. The summed E-state index contributed by atoms with van der Waals surface area (Å²) in [6, 6.07) is 3.87. The van der Waals surface area contributed by atoms with E-state index in [1.54, 1.807) is 7.11 Å². The van der Waals surface area contributed by atoms with Crippen molar-refractivity contribution in [1.29, 1.82) is 0 Å². The van der Waals surface area contributed by atoms with Crippen molar-refractivity contribution >= 4 is 28.7 Å². The molecule has 1 aliphatic heterocycles. The average molecular weight is 454 g/mol. The van der Waals surface area contributed by atoms with Crippen molar-refractivity contribution in [2.45, 2.75) is 45.6 Å². The number of phenols is 1. The summed E-state index contributed by atoms with van der Waals surface area (Å²) in [7, 11) is 1.58. The summed E-state index contributed by atoms with van der Waals surface area (Å²) >= 11 is 2.13. The number of hydrogen-bond donors (Lipinski definition) is 1. The first-order valence-corrected chi connectivity index (χ1v) is 9.77. The van der Waals surface area contributed by atoms with Crippen LogP contribution >= 0.6 is 22.6 Å². The molecule has 1 heterocycles. The lowest BCUT2D eigenvalue weighted by Gasteiger charge is -2.16. The maximum Gasteiger partial charge on any atom is 0.171 e. The zero-order valence-corrected chi connectivity index (χ0v) is 17.4. The van der Waals surface area contributed by atoms with E-state index < -0.39 is 0 Å². The molecule has 0 aliphatic carbocycles. The van der Waals surface area contributed by atoms with E-state index in [1.165, 1.54) is 11.1 Å². The summed E-state index contributed by atoms with van der Waals surface area (Å²) in [6.07, 6.45) is 8.63. The van der Waals surface area contributed by atoms with Gasteiger partial charge in [0.25, 0.3) is 0 Å². The van der Waals surface area contributed by atoms with E-state index in [1.807, 2.05) is 19.1 Å². The highest BCUT2D eigenvalue weighted by Gasteiger charge is 2.20. The molecule has 4 heteroatoms. The van der Waals surface area contributed by atoms with Crippen molar-refractivity contribution in [2.24, 2.45) is 0 Å². The van der Waals surface area contributed by atoms with Crippen LogP contribution in [0.15, 0.2) is 41.5 Å². The Morgan fingerprint density at radius 1 is 1.44 bits per heavy atom. The van der Waals surface area contributed by atoms with Crippen LogP contribution in [0.25, 0.3) is 6.08 Å². The van der Waals surface area contributed by atoms with Gasteiger partial charge in [0.15, 0.2) is 11.5 Å². The van der Waals surface area contributed by atoms with Crippen molar-refractivity contribution in [1.82, 2.24) is 0 Å². The van der Waals surface area contributed by atoms with Gasteiger partial charge in [-0.15, -0.1) is 0 Å². The molecule has 1 aromatic carbocycles. The van der Waals surface area contributed by atoms with E-state index in [9.17, 15) is 5.11 Å². The minimum Gasteiger partial charge on any atom is -0.504 e. The molecule has 1 unspecified atom stereocenters. The fourth-order valence-corrected chi connectivity index (χ4v) is 3.76. The van der Waals surface area contributed by atoms with Crippen LogP contribution in [0.2, 0.25) is 0 Å². The van der Waals surface area contributed by atoms with E-state index in [0.29, 0.717) is 12.4 Å². The van der Waals surface area contributed by atoms with Crippen LogP contribution in [-0.4, -0.2) is 24.9 Å². The van der Waals surface area contributed by atoms with Gasteiger partial charge in [-0.3, -0.25) is 0 Å². The second kappa shape index (κ2) is 9.43. The molecule has 25 heavy (non-hydrogen) atoms. The Hall–Kier alpha value is -1.27. The van der Waals surface area contributed by atoms with Gasteiger partial charge in [0.1, 0.15) is 0 Å². The van der Waals surface area contributed by atoms with Gasteiger partial charge in [-0.05, 0) is 72.0 Å². The summed E-state index contributed by atoms with van der Waals surface area (Å²) in [4.78, 5) is 0. The van der Waals surface area contributed by atoms with Crippen molar-refractivity contribution < 1.29 is 14.6 Å². The molecule has 2 rings (SSSR count). The molecule has 0 saturated carbocycles. The van der Waals surface area contributed by atoms with Crippen LogP contribution in [0.1, 0.15) is 45.1 Å². The van der Waals surface area contributed by atoms with Gasteiger partial charge >= 0.3 is 0 Å². The third-order valence-electron chi connectivity index (χ3n) is 4.38. The molecule has 3 nitrogen and oxygen atoms in total. The summed E-state index contributed by atoms with van der Waals surface area (Å²) in [5.74, 6) is 0.716. The smallest absolute Gasteiger partial charge is 0.171 e. The maximum atomic E-state index is 10.0. The first-order valence-electron chi connectivity index (χ1n) is 8.69. The molecule has 0 aromatic heterocycles. The van der Waals surface area contributed by atoms with Gasteiger partial charge in [-0.25, -0.2) is 0 Å². The van der Waals surface area contributed by atoms with E-state index in [0.717, 1.165) is 40.4 Å². The molecule has 0 radical (unpaired) electrons. The van der Waals surface area contributed by atoms with Crippen molar-refractivity contribution in [3.05, 3.63) is 50.6 Å². The number of aromatic hydroxyl groups is 1. The molecule has 1 aliphatic rings. The average Bonchev–Trinajstić information content (AvgIpc) is 3.04. The van der Waals surface area contributed by atoms with Crippen LogP contribution in [0.5, 0.6) is 11.5 Å². The van der Waals surface area contributed by atoms with E-state index >= 15 is 0 Å². The molecule has 1 N–H and O–H groups in total. The lowest BCUT2D eigenvalue weighted by Crippen LogP contribution is -2.11. The largest absolute Gasteiger partial charge is 0.504 e. The molecule has 1 atom stereocenters.